The first kappa shape index (κ1) is 29.4. The standard InChI is InChI=1S/C49H31ClN2/c50-32-23-26-39-37-17-7-10-20-43(37)49(45(39)29-32)44-21-11-8-18-38(44)40-27-24-36(31-46(40)49)51(33-13-3-1-4-14-33)35-25-28-48-42(30-35)41-19-9-12-22-47(41)52(48)34-15-5-2-6-16-34/h1-31H. The second kappa shape index (κ2) is 11.1. The molecule has 0 aliphatic heterocycles. The van der Waals surface area contributed by atoms with Crippen LogP contribution < -0.4 is 4.90 Å². The van der Waals surface area contributed by atoms with Gasteiger partial charge in [-0.1, -0.05) is 127 Å². The Bertz CT molecular complexity index is 2860. The van der Waals surface area contributed by atoms with E-state index in [9.17, 15) is 0 Å². The summed E-state index contributed by atoms with van der Waals surface area (Å²) in [4.78, 5) is 2.41. The molecule has 0 bridgehead atoms. The van der Waals surface area contributed by atoms with Crippen LogP contribution in [0.2, 0.25) is 5.02 Å². The maximum atomic E-state index is 6.84. The van der Waals surface area contributed by atoms with Crippen molar-refractivity contribution in [1.29, 1.82) is 0 Å². The molecule has 1 atom stereocenters. The fourth-order valence-corrected chi connectivity index (χ4v) is 9.39. The van der Waals surface area contributed by atoms with E-state index in [1.807, 2.05) is 6.07 Å². The molecule has 8 aromatic carbocycles. The van der Waals surface area contributed by atoms with Crippen molar-refractivity contribution in [1.82, 2.24) is 4.57 Å². The number of fused-ring (bicyclic) bond motifs is 13. The molecule has 0 amide bonds. The van der Waals surface area contributed by atoms with Gasteiger partial charge in [0.2, 0.25) is 0 Å². The highest BCUT2D eigenvalue weighted by molar-refractivity contribution is 6.30. The molecule has 9 aromatic rings. The van der Waals surface area contributed by atoms with Gasteiger partial charge in [0, 0.05) is 38.5 Å². The zero-order valence-electron chi connectivity index (χ0n) is 28.2. The van der Waals surface area contributed by atoms with Crippen molar-refractivity contribution in [3.05, 3.63) is 215 Å². The summed E-state index contributed by atoms with van der Waals surface area (Å²) in [5, 5.41) is 3.20. The number of nitrogens with zero attached hydrogens (tertiary/aromatic N) is 2. The van der Waals surface area contributed by atoms with Crippen molar-refractivity contribution >= 4 is 50.5 Å². The van der Waals surface area contributed by atoms with E-state index in [4.69, 9.17) is 11.6 Å². The summed E-state index contributed by atoms with van der Waals surface area (Å²) in [6.45, 7) is 0. The van der Waals surface area contributed by atoms with Gasteiger partial charge in [-0.2, -0.15) is 0 Å². The number of hydrogen-bond acceptors (Lipinski definition) is 1. The molecule has 2 aliphatic carbocycles. The van der Waals surface area contributed by atoms with Crippen LogP contribution in [0.3, 0.4) is 0 Å². The highest BCUT2D eigenvalue weighted by Gasteiger charge is 2.51. The summed E-state index contributed by atoms with van der Waals surface area (Å²) in [6.07, 6.45) is 0. The molecule has 2 aliphatic rings. The van der Waals surface area contributed by atoms with Crippen LogP contribution in [0, 0.1) is 0 Å². The molecule has 0 radical (unpaired) electrons. The van der Waals surface area contributed by atoms with E-state index in [1.165, 1.54) is 66.3 Å². The lowest BCUT2D eigenvalue weighted by molar-refractivity contribution is 0.793. The van der Waals surface area contributed by atoms with Crippen molar-refractivity contribution in [2.45, 2.75) is 5.41 Å². The first-order valence-corrected chi connectivity index (χ1v) is 18.2. The van der Waals surface area contributed by atoms with Gasteiger partial charge in [0.1, 0.15) is 0 Å². The molecule has 1 heterocycles. The molecule has 52 heavy (non-hydrogen) atoms. The predicted octanol–water partition coefficient (Wildman–Crippen LogP) is 13.3. The quantitative estimate of drug-likeness (QED) is 0.179. The number of aromatic nitrogens is 1. The monoisotopic (exact) mass is 682 g/mol. The van der Waals surface area contributed by atoms with Gasteiger partial charge in [0.15, 0.2) is 0 Å². The Labute approximate surface area is 307 Å². The molecule has 0 saturated carbocycles. The van der Waals surface area contributed by atoms with E-state index in [2.05, 4.69) is 191 Å². The van der Waals surface area contributed by atoms with Gasteiger partial charge in [0.05, 0.1) is 16.4 Å². The highest BCUT2D eigenvalue weighted by Crippen LogP contribution is 2.63. The normalized spacial score (nSPS) is 15.1. The number of anilines is 3. The average molecular weight is 683 g/mol. The van der Waals surface area contributed by atoms with Gasteiger partial charge < -0.3 is 9.47 Å². The number of hydrogen-bond donors (Lipinski definition) is 0. The molecule has 11 rings (SSSR count). The summed E-state index contributed by atoms with van der Waals surface area (Å²) in [5.41, 5.74) is 16.5. The SMILES string of the molecule is Clc1ccc2c(c1)C1(c3ccccc3-2)c2ccccc2-c2ccc(N(c3ccccc3)c3ccc4c(c3)c3ccccc3n4-c3ccccc3)cc21. The second-order valence-corrected chi connectivity index (χ2v) is 14.3. The third-order valence-electron chi connectivity index (χ3n) is 11.2. The van der Waals surface area contributed by atoms with Gasteiger partial charge in [-0.3, -0.25) is 0 Å². The smallest absolute Gasteiger partial charge is 0.0726 e. The molecule has 0 fully saturated rings. The van der Waals surface area contributed by atoms with E-state index in [1.54, 1.807) is 0 Å². The van der Waals surface area contributed by atoms with E-state index < -0.39 is 5.41 Å². The highest BCUT2D eigenvalue weighted by atomic mass is 35.5. The van der Waals surface area contributed by atoms with E-state index in [-0.39, 0.29) is 0 Å². The van der Waals surface area contributed by atoms with Gasteiger partial charge >= 0.3 is 0 Å². The van der Waals surface area contributed by atoms with Gasteiger partial charge in [-0.15, -0.1) is 0 Å². The van der Waals surface area contributed by atoms with Crippen molar-refractivity contribution in [3.63, 3.8) is 0 Å². The fourth-order valence-electron chi connectivity index (χ4n) is 9.22. The van der Waals surface area contributed by atoms with Crippen molar-refractivity contribution in [2.24, 2.45) is 0 Å². The first-order valence-electron chi connectivity index (χ1n) is 17.8. The molecule has 244 valence electrons. The Morgan fingerprint density at radius 2 is 0.923 bits per heavy atom. The number of benzene rings is 8. The lowest BCUT2D eigenvalue weighted by Crippen LogP contribution is -2.26. The van der Waals surface area contributed by atoms with Crippen LogP contribution in [0.1, 0.15) is 22.3 Å². The number of para-hydroxylation sites is 3. The van der Waals surface area contributed by atoms with E-state index >= 15 is 0 Å². The molecule has 0 N–H and O–H groups in total. The minimum absolute atomic E-state index is 0.492. The lowest BCUT2D eigenvalue weighted by Gasteiger charge is -2.32. The van der Waals surface area contributed by atoms with Crippen molar-refractivity contribution < 1.29 is 0 Å². The Kier molecular flexibility index (Phi) is 6.26. The van der Waals surface area contributed by atoms with Crippen LogP contribution in [0.5, 0.6) is 0 Å². The molecule has 1 unspecified atom stereocenters. The van der Waals surface area contributed by atoms with Crippen LogP contribution in [0.4, 0.5) is 17.1 Å². The zero-order chi connectivity index (χ0) is 34.4. The van der Waals surface area contributed by atoms with E-state index in [0.29, 0.717) is 0 Å². The average Bonchev–Trinajstić information content (AvgIpc) is 3.80. The Morgan fingerprint density at radius 1 is 0.385 bits per heavy atom. The second-order valence-electron chi connectivity index (χ2n) is 13.8. The third kappa shape index (κ3) is 3.96. The number of halogens is 1. The van der Waals surface area contributed by atoms with Gasteiger partial charge in [-0.25, -0.2) is 0 Å². The van der Waals surface area contributed by atoms with E-state index in [0.717, 1.165) is 27.8 Å². The molecular formula is C49H31ClN2. The van der Waals surface area contributed by atoms with Crippen LogP contribution in [-0.4, -0.2) is 4.57 Å². The maximum Gasteiger partial charge on any atom is 0.0726 e. The number of rotatable bonds is 4. The summed E-state index contributed by atoms with van der Waals surface area (Å²) in [5.74, 6) is 0. The van der Waals surface area contributed by atoms with Crippen LogP contribution >= 0.6 is 11.6 Å². The van der Waals surface area contributed by atoms with Crippen molar-refractivity contribution in [2.75, 3.05) is 4.90 Å². The minimum Gasteiger partial charge on any atom is -0.310 e. The topological polar surface area (TPSA) is 8.17 Å². The van der Waals surface area contributed by atoms with Gasteiger partial charge in [0.25, 0.3) is 0 Å². The Morgan fingerprint density at radius 3 is 1.67 bits per heavy atom. The first-order chi connectivity index (χ1) is 25.7. The maximum absolute atomic E-state index is 6.84. The molecule has 1 spiro atoms. The fraction of sp³-hybridized carbons (Fsp3) is 0.0204. The van der Waals surface area contributed by atoms with Crippen LogP contribution in [-0.2, 0) is 5.41 Å². The summed E-state index contributed by atoms with van der Waals surface area (Å²) in [7, 11) is 0. The van der Waals surface area contributed by atoms with Crippen molar-refractivity contribution in [3.8, 4) is 27.9 Å². The predicted molar refractivity (Wildman–Crippen MR) is 217 cm³/mol. The summed E-state index contributed by atoms with van der Waals surface area (Å²) in [6, 6.07) is 68.3. The molecule has 2 nitrogen and oxygen atoms in total. The largest absolute Gasteiger partial charge is 0.310 e. The molecule has 1 aromatic heterocycles. The molecule has 3 heteroatoms. The van der Waals surface area contributed by atoms with Crippen LogP contribution in [0.25, 0.3) is 49.7 Å². The lowest BCUT2D eigenvalue weighted by atomic mass is 9.70. The summed E-state index contributed by atoms with van der Waals surface area (Å²) < 4.78 is 2.37. The molecular weight excluding hydrogens is 652 g/mol. The minimum atomic E-state index is -0.492. The third-order valence-corrected chi connectivity index (χ3v) is 11.5. The molecule has 0 saturated heterocycles. The van der Waals surface area contributed by atoms with Gasteiger partial charge in [-0.05, 0) is 117 Å². The summed E-state index contributed by atoms with van der Waals surface area (Å²) >= 11 is 6.84. The van der Waals surface area contributed by atoms with Crippen LogP contribution in [0.15, 0.2) is 188 Å². The Hall–Kier alpha value is -6.35. The zero-order valence-corrected chi connectivity index (χ0v) is 28.9. The Balaban J connectivity index is 1.18.